The molecule has 11 nitrogen and oxygen atoms in total. The Hall–Kier alpha value is -5.49. The highest BCUT2D eigenvalue weighted by Crippen LogP contribution is 2.34. The van der Waals surface area contributed by atoms with E-state index in [-0.39, 0.29) is 23.0 Å². The van der Waals surface area contributed by atoms with E-state index in [4.69, 9.17) is 15.2 Å². The van der Waals surface area contributed by atoms with Crippen LogP contribution in [0.25, 0.3) is 27.7 Å². The molecule has 0 atom stereocenters. The number of benzene rings is 3. The molecule has 41 heavy (non-hydrogen) atoms. The van der Waals surface area contributed by atoms with Crippen LogP contribution < -0.4 is 21.1 Å². The molecule has 0 aliphatic rings. The van der Waals surface area contributed by atoms with E-state index in [1.807, 2.05) is 42.5 Å². The summed E-state index contributed by atoms with van der Waals surface area (Å²) < 4.78 is 27.4. The van der Waals surface area contributed by atoms with Crippen molar-refractivity contribution in [2.45, 2.75) is 0 Å². The lowest BCUT2D eigenvalue weighted by molar-refractivity contribution is 0.0937. The van der Waals surface area contributed by atoms with Gasteiger partial charge in [0.2, 0.25) is 5.95 Å². The van der Waals surface area contributed by atoms with Crippen LogP contribution in [0.4, 0.5) is 21.8 Å². The van der Waals surface area contributed by atoms with Crippen molar-refractivity contribution in [3.63, 3.8) is 0 Å². The highest BCUT2D eigenvalue weighted by atomic mass is 19.1. The fourth-order valence-corrected chi connectivity index (χ4v) is 4.50. The Labute approximate surface area is 233 Å². The fourth-order valence-electron chi connectivity index (χ4n) is 4.50. The van der Waals surface area contributed by atoms with Gasteiger partial charge in [-0.3, -0.25) is 4.79 Å². The minimum atomic E-state index is -0.567. The average molecular weight is 553 g/mol. The van der Waals surface area contributed by atoms with Gasteiger partial charge in [-0.15, -0.1) is 0 Å². The fraction of sp³-hybridized carbons (Fsp3) is 0.103. The minimum Gasteiger partial charge on any atom is -0.454 e. The Morgan fingerprint density at radius 1 is 1.10 bits per heavy atom. The number of halogens is 1. The van der Waals surface area contributed by atoms with Gasteiger partial charge in [-0.25, -0.2) is 18.9 Å². The molecule has 5 N–H and O–H groups in total. The number of carbonyl (C=O) groups is 1. The summed E-state index contributed by atoms with van der Waals surface area (Å²) in [7, 11) is 1.57. The number of hydrogen-bond donors (Lipinski definition) is 4. The zero-order valence-electron chi connectivity index (χ0n) is 21.9. The number of nitrogen functional groups attached to an aromatic ring is 1. The van der Waals surface area contributed by atoms with E-state index >= 15 is 4.39 Å². The molecule has 3 aromatic carbocycles. The molecule has 0 spiro atoms. The number of aromatic amines is 1. The monoisotopic (exact) mass is 552 g/mol. The van der Waals surface area contributed by atoms with Gasteiger partial charge in [0, 0.05) is 31.1 Å². The Balaban J connectivity index is 1.27. The van der Waals surface area contributed by atoms with Crippen molar-refractivity contribution >= 4 is 39.9 Å². The van der Waals surface area contributed by atoms with Crippen LogP contribution in [0.2, 0.25) is 0 Å². The molecule has 0 saturated carbocycles. The van der Waals surface area contributed by atoms with E-state index < -0.39 is 5.82 Å². The predicted molar refractivity (Wildman–Crippen MR) is 153 cm³/mol. The number of aromatic nitrogens is 5. The number of nitrogens with one attached hydrogen (secondary N) is 3. The number of methoxy groups -OCH3 is 1. The maximum absolute atomic E-state index is 15.2. The van der Waals surface area contributed by atoms with Crippen molar-refractivity contribution in [2.75, 3.05) is 31.3 Å². The molecule has 0 aliphatic heterocycles. The van der Waals surface area contributed by atoms with Gasteiger partial charge >= 0.3 is 0 Å². The largest absolute Gasteiger partial charge is 0.454 e. The van der Waals surface area contributed by atoms with E-state index in [0.717, 1.165) is 5.56 Å². The van der Waals surface area contributed by atoms with Gasteiger partial charge in [0.25, 0.3) is 5.91 Å². The number of H-pyrrole nitrogens is 1. The topological polar surface area (TPSA) is 144 Å². The molecule has 1 amide bonds. The van der Waals surface area contributed by atoms with Gasteiger partial charge in [-0.05, 0) is 42.0 Å². The number of ether oxygens (including phenoxy) is 2. The minimum absolute atomic E-state index is 0.0798. The summed E-state index contributed by atoms with van der Waals surface area (Å²) in [5.74, 6) is 0.351. The predicted octanol–water partition coefficient (Wildman–Crippen LogP) is 4.91. The number of amides is 1. The van der Waals surface area contributed by atoms with Crippen molar-refractivity contribution < 1.29 is 18.7 Å². The highest BCUT2D eigenvalue weighted by Gasteiger charge is 2.21. The van der Waals surface area contributed by atoms with Gasteiger partial charge in [0.1, 0.15) is 23.1 Å². The molecular formula is C29H25FN8O3. The molecule has 6 aromatic rings. The van der Waals surface area contributed by atoms with Gasteiger partial charge in [-0.2, -0.15) is 5.10 Å². The molecule has 0 aliphatic carbocycles. The third kappa shape index (κ3) is 5.11. The third-order valence-electron chi connectivity index (χ3n) is 6.40. The van der Waals surface area contributed by atoms with Gasteiger partial charge in [0.15, 0.2) is 17.4 Å². The van der Waals surface area contributed by atoms with E-state index in [2.05, 4.69) is 30.7 Å². The summed E-state index contributed by atoms with van der Waals surface area (Å²) in [5.41, 5.74) is 9.78. The Morgan fingerprint density at radius 3 is 2.68 bits per heavy atom. The van der Waals surface area contributed by atoms with E-state index in [9.17, 15) is 4.79 Å². The molecule has 206 valence electrons. The smallest absolute Gasteiger partial charge is 0.253 e. The van der Waals surface area contributed by atoms with Crippen LogP contribution in [0.1, 0.15) is 10.4 Å². The van der Waals surface area contributed by atoms with Crippen molar-refractivity contribution in [3.05, 3.63) is 90.6 Å². The second-order valence-corrected chi connectivity index (χ2v) is 9.08. The number of carbonyl (C=O) groups excluding carboxylic acids is 1. The van der Waals surface area contributed by atoms with Crippen molar-refractivity contribution in [2.24, 2.45) is 0 Å². The van der Waals surface area contributed by atoms with Crippen molar-refractivity contribution in [1.82, 2.24) is 29.9 Å². The maximum Gasteiger partial charge on any atom is 0.253 e. The van der Waals surface area contributed by atoms with Crippen LogP contribution in [-0.2, 0) is 4.74 Å². The normalized spacial score (nSPS) is 11.2. The zero-order valence-corrected chi connectivity index (χ0v) is 21.9. The number of fused-ring (bicyclic) bond motifs is 2. The van der Waals surface area contributed by atoms with Gasteiger partial charge < -0.3 is 30.8 Å². The first-order valence-electron chi connectivity index (χ1n) is 12.7. The number of anilines is 3. The van der Waals surface area contributed by atoms with Crippen molar-refractivity contribution in [3.8, 4) is 22.6 Å². The quantitative estimate of drug-likeness (QED) is 0.185. The van der Waals surface area contributed by atoms with E-state index in [1.165, 1.54) is 10.8 Å². The van der Waals surface area contributed by atoms with Crippen LogP contribution in [0.5, 0.6) is 11.5 Å². The Bertz CT molecular complexity index is 1850. The number of hydrogen-bond acceptors (Lipinski definition) is 8. The molecule has 0 fully saturated rings. The van der Waals surface area contributed by atoms with Crippen LogP contribution in [0, 0.1) is 5.82 Å². The summed E-state index contributed by atoms with van der Waals surface area (Å²) in [6.45, 7) is 0.729. The van der Waals surface area contributed by atoms with Crippen LogP contribution in [0.15, 0.2) is 79.3 Å². The lowest BCUT2D eigenvalue weighted by Crippen LogP contribution is -2.27. The first kappa shape index (κ1) is 25.8. The summed E-state index contributed by atoms with van der Waals surface area (Å²) >= 11 is 0. The van der Waals surface area contributed by atoms with Crippen LogP contribution in [0.3, 0.4) is 0 Å². The highest BCUT2D eigenvalue weighted by molar-refractivity contribution is 6.07. The van der Waals surface area contributed by atoms with E-state index in [1.54, 1.807) is 37.6 Å². The molecule has 3 heterocycles. The summed E-state index contributed by atoms with van der Waals surface area (Å²) in [5, 5.41) is 10.2. The summed E-state index contributed by atoms with van der Waals surface area (Å²) in [6.07, 6.45) is 2.95. The summed E-state index contributed by atoms with van der Waals surface area (Å²) in [4.78, 5) is 24.6. The van der Waals surface area contributed by atoms with Crippen LogP contribution >= 0.6 is 0 Å². The lowest BCUT2D eigenvalue weighted by Gasteiger charge is -2.09. The van der Waals surface area contributed by atoms with Gasteiger partial charge in [-0.1, -0.05) is 30.3 Å². The first-order valence-corrected chi connectivity index (χ1v) is 12.7. The number of imidazole rings is 1. The number of rotatable bonds is 9. The molecule has 12 heteroatoms. The second kappa shape index (κ2) is 10.9. The molecule has 3 aromatic heterocycles. The standard InChI is InChI=1S/C29H25FN8O3/c1-40-14-13-32-28(39)20-15-38-26(27(31)33-16-34-38)23(20)17-7-9-18(10-8-17)35-29-36-21-11-12-22(24(30)25(21)37-29)41-19-5-3-2-4-6-19/h2-12,15-16H,13-14H2,1H3,(H,32,39)(H2,31,33,34)(H2,35,36,37). The summed E-state index contributed by atoms with van der Waals surface area (Å²) in [6, 6.07) is 19.6. The molecule has 0 saturated heterocycles. The maximum atomic E-state index is 15.2. The van der Waals surface area contributed by atoms with Crippen molar-refractivity contribution in [1.29, 1.82) is 0 Å². The Kier molecular flexibility index (Phi) is 6.88. The number of nitrogens with zero attached hydrogens (tertiary/aromatic N) is 4. The molecule has 0 radical (unpaired) electrons. The second-order valence-electron chi connectivity index (χ2n) is 9.08. The molecular weight excluding hydrogens is 527 g/mol. The van der Waals surface area contributed by atoms with Gasteiger partial charge in [0.05, 0.1) is 17.7 Å². The zero-order chi connectivity index (χ0) is 28.3. The molecule has 0 bridgehead atoms. The third-order valence-corrected chi connectivity index (χ3v) is 6.40. The first-order chi connectivity index (χ1) is 20.0. The number of nitrogens with two attached hydrogens (primary N) is 1. The average Bonchev–Trinajstić information content (AvgIpc) is 3.58. The lowest BCUT2D eigenvalue weighted by atomic mass is 10.0. The molecule has 0 unspecified atom stereocenters. The Morgan fingerprint density at radius 2 is 1.90 bits per heavy atom. The van der Waals surface area contributed by atoms with E-state index in [0.29, 0.717) is 52.7 Å². The number of para-hydroxylation sites is 1. The van der Waals surface area contributed by atoms with Crippen LogP contribution in [-0.4, -0.2) is 50.7 Å². The SMILES string of the molecule is COCCNC(=O)c1cn2ncnc(N)c2c1-c1ccc(Nc2nc3c(F)c(Oc4ccccc4)ccc3[nH]2)cc1. The molecule has 6 rings (SSSR count).